The number of thiazole rings is 1. The van der Waals surface area contributed by atoms with E-state index in [1.165, 1.54) is 11.3 Å². The Morgan fingerprint density at radius 1 is 1.64 bits per heavy atom. The summed E-state index contributed by atoms with van der Waals surface area (Å²) in [5.74, 6) is -1.20. The maximum absolute atomic E-state index is 12.4. The molecule has 0 unspecified atom stereocenters. The quantitative estimate of drug-likeness (QED) is 0.564. The van der Waals surface area contributed by atoms with Crippen molar-refractivity contribution in [3.8, 4) is 6.07 Å². The monoisotopic (exact) mass is 334 g/mol. The van der Waals surface area contributed by atoms with Gasteiger partial charge in [0.1, 0.15) is 11.1 Å². The van der Waals surface area contributed by atoms with Crippen LogP contribution in [0.15, 0.2) is 30.9 Å². The van der Waals surface area contributed by atoms with Crippen LogP contribution in [0.5, 0.6) is 0 Å². The highest BCUT2D eigenvalue weighted by Gasteiger charge is 2.28. The number of carbonyl (C=O) groups is 1. The van der Waals surface area contributed by atoms with Crippen LogP contribution in [0, 0.1) is 11.3 Å². The van der Waals surface area contributed by atoms with E-state index in [1.54, 1.807) is 25.1 Å². The van der Waals surface area contributed by atoms with E-state index in [9.17, 15) is 10.1 Å². The number of carbonyl (C=O) groups excluding carboxylic acids is 1. The molecule has 0 bridgehead atoms. The zero-order valence-electron chi connectivity index (χ0n) is 12.1. The van der Waals surface area contributed by atoms with Crippen LogP contribution in [-0.2, 0) is 9.53 Å². The van der Waals surface area contributed by atoms with Crippen LogP contribution in [-0.4, -0.2) is 23.5 Å². The van der Waals surface area contributed by atoms with Gasteiger partial charge in [-0.1, -0.05) is 17.7 Å². The van der Waals surface area contributed by atoms with Crippen LogP contribution in [0.1, 0.15) is 24.3 Å². The van der Waals surface area contributed by atoms with Crippen LogP contribution >= 0.6 is 22.9 Å². The fourth-order valence-corrected chi connectivity index (χ4v) is 3.09. The minimum Gasteiger partial charge on any atom is -0.370 e. The normalized spacial score (nSPS) is 13.5. The smallest absolute Gasteiger partial charge is 0.185 e. The predicted molar refractivity (Wildman–Crippen MR) is 88.2 cm³/mol. The summed E-state index contributed by atoms with van der Waals surface area (Å²) in [6, 6.07) is 7.35. The zero-order chi connectivity index (χ0) is 16.1. The molecule has 6 heteroatoms. The fraction of sp³-hybridized carbons (Fsp3) is 0.312. The lowest BCUT2D eigenvalue weighted by molar-refractivity contribution is -0.129. The second kappa shape index (κ2) is 7.50. The number of hydrogen-bond donors (Lipinski definition) is 0. The molecule has 0 aliphatic rings. The summed E-state index contributed by atoms with van der Waals surface area (Å²) in [5.41, 5.74) is 0.695. The third kappa shape index (κ3) is 3.72. The Bertz CT molecular complexity index is 735. The van der Waals surface area contributed by atoms with Gasteiger partial charge in [-0.25, -0.2) is 4.98 Å². The first-order valence-corrected chi connectivity index (χ1v) is 7.98. The molecule has 0 fully saturated rings. The van der Waals surface area contributed by atoms with Crippen LogP contribution in [0.3, 0.4) is 0 Å². The largest absolute Gasteiger partial charge is 0.370 e. The molecule has 4 nitrogen and oxygen atoms in total. The summed E-state index contributed by atoms with van der Waals surface area (Å²) in [7, 11) is 0. The van der Waals surface area contributed by atoms with Crippen molar-refractivity contribution in [3.05, 3.63) is 40.9 Å². The van der Waals surface area contributed by atoms with Crippen LogP contribution in [0.25, 0.3) is 10.2 Å². The van der Waals surface area contributed by atoms with Crippen molar-refractivity contribution in [2.45, 2.75) is 25.4 Å². The van der Waals surface area contributed by atoms with Gasteiger partial charge in [0.15, 0.2) is 11.7 Å². The number of Topliss-reactive ketones (excluding diaryl/α,β-unsaturated/α-hetero) is 1. The Labute approximate surface area is 138 Å². The fourth-order valence-electron chi connectivity index (χ4n) is 1.93. The number of ether oxygens (including phenoxy) is 1. The number of benzene rings is 1. The highest BCUT2D eigenvalue weighted by molar-refractivity contribution is 7.18. The zero-order valence-corrected chi connectivity index (χ0v) is 13.7. The van der Waals surface area contributed by atoms with E-state index < -0.39 is 12.0 Å². The Morgan fingerprint density at radius 2 is 2.41 bits per heavy atom. The van der Waals surface area contributed by atoms with Gasteiger partial charge in [-0.3, -0.25) is 4.79 Å². The van der Waals surface area contributed by atoms with Crippen molar-refractivity contribution in [1.29, 1.82) is 5.26 Å². The number of ketones is 1. The van der Waals surface area contributed by atoms with E-state index in [1.807, 2.05) is 12.1 Å². The van der Waals surface area contributed by atoms with Gasteiger partial charge in [0.25, 0.3) is 0 Å². The summed E-state index contributed by atoms with van der Waals surface area (Å²) < 4.78 is 6.32. The number of halogens is 1. The number of nitrogens with zero attached hydrogens (tertiary/aromatic N) is 2. The van der Waals surface area contributed by atoms with Crippen LogP contribution < -0.4 is 0 Å². The van der Waals surface area contributed by atoms with E-state index in [-0.39, 0.29) is 5.78 Å². The second-order valence-electron chi connectivity index (χ2n) is 4.72. The van der Waals surface area contributed by atoms with Crippen molar-refractivity contribution in [2.24, 2.45) is 0 Å². The molecule has 0 N–H and O–H groups in total. The molecule has 1 aromatic carbocycles. The van der Waals surface area contributed by atoms with E-state index in [0.717, 1.165) is 4.70 Å². The lowest BCUT2D eigenvalue weighted by Crippen LogP contribution is -2.26. The maximum atomic E-state index is 12.4. The van der Waals surface area contributed by atoms with Gasteiger partial charge < -0.3 is 4.74 Å². The van der Waals surface area contributed by atoms with Crippen LogP contribution in [0.4, 0.5) is 0 Å². The Balaban J connectivity index is 2.20. The van der Waals surface area contributed by atoms with Gasteiger partial charge in [0.05, 0.1) is 22.9 Å². The van der Waals surface area contributed by atoms with E-state index >= 15 is 0 Å². The number of aromatic nitrogens is 1. The lowest BCUT2D eigenvalue weighted by atomic mass is 10.0. The predicted octanol–water partition coefficient (Wildman–Crippen LogP) is 4.11. The number of fused-ring (bicyclic) bond motifs is 1. The first-order chi connectivity index (χ1) is 10.6. The van der Waals surface area contributed by atoms with Gasteiger partial charge in [0, 0.05) is 5.02 Å². The molecule has 0 amide bonds. The maximum Gasteiger partial charge on any atom is 0.185 e. The second-order valence-corrected chi connectivity index (χ2v) is 6.22. The van der Waals surface area contributed by atoms with Crippen molar-refractivity contribution < 1.29 is 9.53 Å². The molecule has 0 saturated carbocycles. The van der Waals surface area contributed by atoms with Gasteiger partial charge in [-0.05, 0) is 31.5 Å². The number of hydrogen-bond acceptors (Lipinski definition) is 5. The molecule has 1 aromatic heterocycles. The molecule has 1 heterocycles. The minimum absolute atomic E-state index is 0.281. The van der Waals surface area contributed by atoms with Gasteiger partial charge in [0.2, 0.25) is 0 Å². The molecule has 114 valence electrons. The summed E-state index contributed by atoms with van der Waals surface area (Å²) in [6.07, 6.45) is 1.73. The third-order valence-corrected chi connectivity index (χ3v) is 4.45. The molecule has 0 aliphatic heterocycles. The summed E-state index contributed by atoms with van der Waals surface area (Å²) in [4.78, 5) is 16.7. The van der Waals surface area contributed by atoms with Gasteiger partial charge >= 0.3 is 0 Å². The molecule has 2 rings (SSSR count). The SMILES string of the molecule is C=CCCO[C@@H](C)C(=O)[C@H](C#N)c1nc2cc(Cl)ccc2s1. The average molecular weight is 335 g/mol. The number of rotatable bonds is 7. The van der Waals surface area contributed by atoms with E-state index in [2.05, 4.69) is 11.6 Å². The summed E-state index contributed by atoms with van der Waals surface area (Å²) in [5, 5.41) is 10.4. The molecule has 0 radical (unpaired) electrons. The van der Waals surface area contributed by atoms with Crippen molar-refractivity contribution >= 4 is 38.9 Å². The molecule has 0 saturated heterocycles. The lowest BCUT2D eigenvalue weighted by Gasteiger charge is -2.13. The van der Waals surface area contributed by atoms with Crippen molar-refractivity contribution in [2.75, 3.05) is 6.61 Å². The Kier molecular flexibility index (Phi) is 5.67. The molecule has 22 heavy (non-hydrogen) atoms. The molecular weight excluding hydrogens is 320 g/mol. The third-order valence-electron chi connectivity index (χ3n) is 3.12. The topological polar surface area (TPSA) is 63.0 Å². The van der Waals surface area contributed by atoms with Crippen molar-refractivity contribution in [1.82, 2.24) is 4.98 Å². The average Bonchev–Trinajstić information content (AvgIpc) is 2.90. The molecular formula is C16H15ClN2O2S. The number of nitriles is 1. The molecule has 2 atom stereocenters. The summed E-state index contributed by atoms with van der Waals surface area (Å²) >= 11 is 7.26. The van der Waals surface area contributed by atoms with E-state index in [0.29, 0.717) is 28.6 Å². The molecule has 0 aliphatic carbocycles. The molecule has 0 spiro atoms. The van der Waals surface area contributed by atoms with E-state index in [4.69, 9.17) is 16.3 Å². The Morgan fingerprint density at radius 3 is 3.09 bits per heavy atom. The van der Waals surface area contributed by atoms with Crippen LogP contribution in [0.2, 0.25) is 5.02 Å². The highest BCUT2D eigenvalue weighted by Crippen LogP contribution is 2.30. The van der Waals surface area contributed by atoms with Gasteiger partial charge in [-0.15, -0.1) is 17.9 Å². The first kappa shape index (κ1) is 16.6. The van der Waals surface area contributed by atoms with Crippen molar-refractivity contribution in [3.63, 3.8) is 0 Å². The minimum atomic E-state index is -0.921. The first-order valence-electron chi connectivity index (χ1n) is 6.78. The highest BCUT2D eigenvalue weighted by atomic mass is 35.5. The Hall–Kier alpha value is -1.74. The standard InChI is InChI=1S/C16H15ClN2O2S/c1-3-4-7-21-10(2)15(20)12(9-18)16-19-13-8-11(17)5-6-14(13)22-16/h3,5-6,8,10,12H,1,4,7H2,2H3/t10-,12-/m0/s1. The summed E-state index contributed by atoms with van der Waals surface area (Å²) in [6.45, 7) is 5.66. The molecule has 2 aromatic rings. The van der Waals surface area contributed by atoms with Gasteiger partial charge in [-0.2, -0.15) is 5.26 Å².